The number of hydrogen-bond acceptors (Lipinski definition) is 5. The maximum absolute atomic E-state index is 13.4. The Balaban J connectivity index is 1.73. The van der Waals surface area contributed by atoms with Crippen LogP contribution in [0.2, 0.25) is 0 Å². The summed E-state index contributed by atoms with van der Waals surface area (Å²) in [6.07, 6.45) is -5.70. The predicted molar refractivity (Wildman–Crippen MR) is 115 cm³/mol. The number of rotatable bonds is 7. The van der Waals surface area contributed by atoms with Gasteiger partial charge in [-0.3, -0.25) is 4.79 Å². The van der Waals surface area contributed by atoms with E-state index < -0.39 is 23.7 Å². The van der Waals surface area contributed by atoms with E-state index in [2.05, 4.69) is 37.2 Å². The van der Waals surface area contributed by atoms with E-state index >= 15 is 0 Å². The van der Waals surface area contributed by atoms with E-state index in [1.165, 1.54) is 11.8 Å². The van der Waals surface area contributed by atoms with Gasteiger partial charge in [0, 0.05) is 40.3 Å². The van der Waals surface area contributed by atoms with Gasteiger partial charge >= 0.3 is 12.3 Å². The average Bonchev–Trinajstić information content (AvgIpc) is 2.68. The molecule has 0 radical (unpaired) electrons. The standard InChI is InChI=1S/C19H18BrF3N4O3S/c20-11-1-2-12-14(9-11)31-15-8-10(19(21,22)23)7-13(17(15)27-12)26-16(28)3-4-24-5-6-25-18(29)30/h1-2,7-9,24-25,27H,3-6H2,(H,26,28)(H,29,30). The zero-order valence-electron chi connectivity index (χ0n) is 15.9. The highest BCUT2D eigenvalue weighted by Gasteiger charge is 2.33. The largest absolute Gasteiger partial charge is 0.465 e. The second-order valence-corrected chi connectivity index (χ2v) is 8.54. The quantitative estimate of drug-likeness (QED) is 0.286. The van der Waals surface area contributed by atoms with Gasteiger partial charge in [-0.25, -0.2) is 4.79 Å². The van der Waals surface area contributed by atoms with Crippen LogP contribution >= 0.6 is 27.7 Å². The van der Waals surface area contributed by atoms with Crippen LogP contribution in [-0.4, -0.2) is 36.7 Å². The molecule has 0 aliphatic carbocycles. The molecule has 2 amide bonds. The van der Waals surface area contributed by atoms with Gasteiger partial charge in [0.15, 0.2) is 0 Å². The third-order valence-electron chi connectivity index (χ3n) is 4.23. The van der Waals surface area contributed by atoms with Crippen LogP contribution in [0.15, 0.2) is 44.6 Å². The van der Waals surface area contributed by atoms with Crippen LogP contribution in [0.5, 0.6) is 0 Å². The van der Waals surface area contributed by atoms with Crippen molar-refractivity contribution in [2.24, 2.45) is 0 Å². The molecular weight excluding hydrogens is 501 g/mol. The molecule has 166 valence electrons. The normalized spacial score (nSPS) is 12.4. The van der Waals surface area contributed by atoms with Gasteiger partial charge in [-0.2, -0.15) is 13.2 Å². The maximum Gasteiger partial charge on any atom is 0.416 e. The summed E-state index contributed by atoms with van der Waals surface area (Å²) >= 11 is 4.54. The van der Waals surface area contributed by atoms with Crippen LogP contribution in [0.4, 0.5) is 35.0 Å². The topological polar surface area (TPSA) is 102 Å². The van der Waals surface area contributed by atoms with Gasteiger partial charge in [0.05, 0.1) is 22.6 Å². The van der Waals surface area contributed by atoms with E-state index in [0.717, 1.165) is 27.2 Å². The molecule has 0 unspecified atom stereocenters. The Hall–Kier alpha value is -2.44. The van der Waals surface area contributed by atoms with E-state index in [1.807, 2.05) is 6.07 Å². The highest BCUT2D eigenvalue weighted by molar-refractivity contribution is 9.10. The third-order valence-corrected chi connectivity index (χ3v) is 5.83. The van der Waals surface area contributed by atoms with Crippen LogP contribution in [0.3, 0.4) is 0 Å². The van der Waals surface area contributed by atoms with E-state index in [0.29, 0.717) is 17.1 Å². The Bertz CT molecular complexity index is 1000. The second-order valence-electron chi connectivity index (χ2n) is 6.54. The summed E-state index contributed by atoms with van der Waals surface area (Å²) in [6.45, 7) is 0.741. The van der Waals surface area contributed by atoms with Crippen molar-refractivity contribution in [1.29, 1.82) is 0 Å². The van der Waals surface area contributed by atoms with E-state index in [9.17, 15) is 22.8 Å². The molecule has 0 bridgehead atoms. The second kappa shape index (κ2) is 9.79. The van der Waals surface area contributed by atoms with Gasteiger partial charge in [0.25, 0.3) is 0 Å². The zero-order chi connectivity index (χ0) is 22.6. The van der Waals surface area contributed by atoms with Gasteiger partial charge in [0.2, 0.25) is 5.91 Å². The van der Waals surface area contributed by atoms with E-state index in [1.54, 1.807) is 12.1 Å². The molecule has 12 heteroatoms. The molecule has 5 N–H and O–H groups in total. The van der Waals surface area contributed by atoms with Crippen molar-refractivity contribution in [1.82, 2.24) is 10.6 Å². The van der Waals surface area contributed by atoms with Crippen LogP contribution < -0.4 is 21.3 Å². The van der Waals surface area contributed by atoms with Crippen molar-refractivity contribution >= 4 is 56.8 Å². The Morgan fingerprint density at radius 1 is 1.10 bits per heavy atom. The number of carbonyl (C=O) groups is 2. The number of hydrogen-bond donors (Lipinski definition) is 5. The first-order chi connectivity index (χ1) is 14.6. The first kappa shape index (κ1) is 23.2. The molecule has 3 rings (SSSR count). The van der Waals surface area contributed by atoms with Crippen molar-refractivity contribution in [3.63, 3.8) is 0 Å². The van der Waals surface area contributed by atoms with Crippen molar-refractivity contribution in [2.45, 2.75) is 22.4 Å². The van der Waals surface area contributed by atoms with Crippen LogP contribution in [-0.2, 0) is 11.0 Å². The minimum atomic E-state index is -4.56. The summed E-state index contributed by atoms with van der Waals surface area (Å²) in [5, 5.41) is 19.2. The van der Waals surface area contributed by atoms with Crippen LogP contribution in [0.25, 0.3) is 0 Å². The van der Waals surface area contributed by atoms with Gasteiger partial charge in [-0.1, -0.05) is 27.7 Å². The fourth-order valence-electron chi connectivity index (χ4n) is 2.82. The smallest absolute Gasteiger partial charge is 0.416 e. The van der Waals surface area contributed by atoms with Crippen molar-refractivity contribution in [2.75, 3.05) is 30.3 Å². The minimum Gasteiger partial charge on any atom is -0.465 e. The average molecular weight is 519 g/mol. The number of benzene rings is 2. The lowest BCUT2D eigenvalue weighted by Gasteiger charge is -2.25. The van der Waals surface area contributed by atoms with Crippen molar-refractivity contribution < 1.29 is 27.9 Å². The van der Waals surface area contributed by atoms with Gasteiger partial charge in [-0.05, 0) is 30.3 Å². The summed E-state index contributed by atoms with van der Waals surface area (Å²) < 4.78 is 41.0. The molecule has 1 aliphatic rings. The molecule has 0 fully saturated rings. The Labute approximate surface area is 188 Å². The summed E-state index contributed by atoms with van der Waals surface area (Å²) in [5.74, 6) is -0.464. The van der Waals surface area contributed by atoms with E-state index in [-0.39, 0.29) is 25.2 Å². The molecule has 2 aromatic rings. The van der Waals surface area contributed by atoms with Crippen LogP contribution in [0, 0.1) is 0 Å². The molecule has 1 heterocycles. The van der Waals surface area contributed by atoms with Gasteiger partial charge in [0.1, 0.15) is 0 Å². The summed E-state index contributed by atoms with van der Waals surface area (Å²) in [6, 6.07) is 7.39. The molecular formula is C19H18BrF3N4O3S. The molecule has 0 saturated heterocycles. The highest BCUT2D eigenvalue weighted by atomic mass is 79.9. The number of alkyl halides is 3. The summed E-state index contributed by atoms with van der Waals surface area (Å²) in [4.78, 5) is 23.8. The third kappa shape index (κ3) is 6.28. The number of carboxylic acid groups (broad SMARTS) is 1. The molecule has 0 saturated carbocycles. The monoisotopic (exact) mass is 518 g/mol. The number of amides is 2. The lowest BCUT2D eigenvalue weighted by Crippen LogP contribution is -2.32. The lowest BCUT2D eigenvalue weighted by molar-refractivity contribution is -0.137. The molecule has 31 heavy (non-hydrogen) atoms. The lowest BCUT2D eigenvalue weighted by atomic mass is 10.1. The molecule has 0 atom stereocenters. The van der Waals surface area contributed by atoms with Crippen molar-refractivity contribution in [3.8, 4) is 0 Å². The number of anilines is 3. The molecule has 1 aliphatic heterocycles. The summed E-state index contributed by atoms with van der Waals surface area (Å²) in [7, 11) is 0. The summed E-state index contributed by atoms with van der Waals surface area (Å²) in [5.41, 5.74) is 0.318. The molecule has 7 nitrogen and oxygen atoms in total. The van der Waals surface area contributed by atoms with Gasteiger partial charge in [-0.15, -0.1) is 0 Å². The SMILES string of the molecule is O=C(O)NCCNCCC(=O)Nc1cc(C(F)(F)F)cc2c1Nc1ccc(Br)cc1S2. The molecule has 0 spiro atoms. The first-order valence-electron chi connectivity index (χ1n) is 9.10. The maximum atomic E-state index is 13.4. The fraction of sp³-hybridized carbons (Fsp3) is 0.263. The number of nitrogens with one attached hydrogen (secondary N) is 4. The predicted octanol–water partition coefficient (Wildman–Crippen LogP) is 4.86. The highest BCUT2D eigenvalue weighted by Crippen LogP contribution is 2.50. The van der Waals surface area contributed by atoms with Gasteiger partial charge < -0.3 is 26.4 Å². The molecule has 0 aromatic heterocycles. The zero-order valence-corrected chi connectivity index (χ0v) is 18.3. The number of halogens is 4. The molecule has 2 aromatic carbocycles. The van der Waals surface area contributed by atoms with E-state index in [4.69, 9.17) is 5.11 Å². The Morgan fingerprint density at radius 2 is 1.87 bits per heavy atom. The fourth-order valence-corrected chi connectivity index (χ4v) is 4.44. The van der Waals surface area contributed by atoms with Crippen molar-refractivity contribution in [3.05, 3.63) is 40.4 Å². The Morgan fingerprint density at radius 3 is 2.58 bits per heavy atom. The number of carbonyl (C=O) groups excluding carboxylic acids is 1. The van der Waals surface area contributed by atoms with Crippen LogP contribution in [0.1, 0.15) is 12.0 Å². The Kier molecular flexibility index (Phi) is 7.34. The first-order valence-corrected chi connectivity index (χ1v) is 10.7. The minimum absolute atomic E-state index is 0.00870. The number of fused-ring (bicyclic) bond motifs is 2.